The second kappa shape index (κ2) is 11.8. The number of aryl methyl sites for hydroxylation is 2. The Hall–Kier alpha value is -2.42. The van der Waals surface area contributed by atoms with Gasteiger partial charge in [-0.15, -0.1) is 22.7 Å². The monoisotopic (exact) mass is 536 g/mol. The van der Waals surface area contributed by atoms with Crippen LogP contribution in [0.4, 0.5) is 0 Å². The molecule has 0 saturated heterocycles. The molecule has 0 aliphatic heterocycles. The van der Waals surface area contributed by atoms with Crippen molar-refractivity contribution in [2.75, 3.05) is 0 Å². The van der Waals surface area contributed by atoms with E-state index in [2.05, 4.69) is 74.5 Å². The first-order chi connectivity index (χ1) is 18.8. The van der Waals surface area contributed by atoms with Crippen LogP contribution in [0.1, 0.15) is 87.8 Å². The molecule has 0 aliphatic carbocycles. The minimum Gasteiger partial charge on any atom is -0.140 e. The SMILES string of the molecule is CCCCCCCc1cc2ccc3c4ccc5c(ccc6cc(CCCCCCC)sc65)c4ccc3c2s1. The number of hydrogen-bond donors (Lipinski definition) is 0. The van der Waals surface area contributed by atoms with Gasteiger partial charge < -0.3 is 0 Å². The third kappa shape index (κ3) is 5.10. The van der Waals surface area contributed by atoms with Gasteiger partial charge in [-0.2, -0.15) is 0 Å². The Kier molecular flexibility index (Phi) is 8.00. The first-order valence-corrected chi connectivity index (χ1v) is 16.6. The zero-order valence-corrected chi connectivity index (χ0v) is 24.7. The molecule has 4 aromatic carbocycles. The molecule has 0 atom stereocenters. The standard InChI is InChI=1S/C36H40S2/c1-3-5-7-9-11-13-27-23-25-15-17-31-29-20-22-34-32(30(29)19-21-33(31)35(25)37-27)18-16-26-24-28(38-36(26)34)14-12-10-8-6-4-2/h15-24H,3-14H2,1-2H3. The van der Waals surface area contributed by atoms with E-state index in [4.69, 9.17) is 0 Å². The van der Waals surface area contributed by atoms with E-state index >= 15 is 0 Å². The third-order valence-corrected chi connectivity index (χ3v) is 10.8. The summed E-state index contributed by atoms with van der Waals surface area (Å²) in [7, 11) is 0. The van der Waals surface area contributed by atoms with Crippen molar-refractivity contribution >= 4 is 75.2 Å². The van der Waals surface area contributed by atoms with Crippen molar-refractivity contribution in [1.82, 2.24) is 0 Å². The van der Waals surface area contributed by atoms with Gasteiger partial charge in [-0.1, -0.05) is 114 Å². The Balaban J connectivity index is 1.33. The largest absolute Gasteiger partial charge is 0.140 e. The zero-order chi connectivity index (χ0) is 25.9. The van der Waals surface area contributed by atoms with E-state index in [0.717, 1.165) is 0 Å². The van der Waals surface area contributed by atoms with Crippen LogP contribution in [-0.4, -0.2) is 0 Å². The topological polar surface area (TPSA) is 0 Å². The van der Waals surface area contributed by atoms with Crippen LogP contribution in [0.2, 0.25) is 0 Å². The van der Waals surface area contributed by atoms with Gasteiger partial charge in [-0.25, -0.2) is 0 Å². The highest BCUT2D eigenvalue weighted by molar-refractivity contribution is 7.20. The molecule has 0 amide bonds. The van der Waals surface area contributed by atoms with Crippen molar-refractivity contribution < 1.29 is 0 Å². The molecule has 6 rings (SSSR count). The molecule has 0 nitrogen and oxygen atoms in total. The van der Waals surface area contributed by atoms with E-state index in [0.29, 0.717) is 0 Å². The summed E-state index contributed by atoms with van der Waals surface area (Å²) < 4.78 is 2.93. The molecule has 2 heterocycles. The van der Waals surface area contributed by atoms with Gasteiger partial charge in [0.1, 0.15) is 0 Å². The summed E-state index contributed by atoms with van der Waals surface area (Å²) in [5.74, 6) is 0. The van der Waals surface area contributed by atoms with Gasteiger partial charge in [0.05, 0.1) is 0 Å². The highest BCUT2D eigenvalue weighted by Crippen LogP contribution is 2.41. The van der Waals surface area contributed by atoms with Crippen LogP contribution in [0.5, 0.6) is 0 Å². The molecule has 0 N–H and O–H groups in total. The fourth-order valence-corrected chi connectivity index (χ4v) is 8.65. The van der Waals surface area contributed by atoms with Crippen LogP contribution in [0.15, 0.2) is 60.7 Å². The van der Waals surface area contributed by atoms with Crippen LogP contribution in [0.25, 0.3) is 52.5 Å². The third-order valence-electron chi connectivity index (χ3n) is 8.31. The maximum absolute atomic E-state index is 2.44. The Labute approximate surface area is 235 Å². The maximum Gasteiger partial charge on any atom is 0.0424 e. The number of fused-ring (bicyclic) bond motifs is 9. The van der Waals surface area contributed by atoms with E-state index in [1.807, 2.05) is 22.7 Å². The highest BCUT2D eigenvalue weighted by Gasteiger charge is 2.12. The second-order valence-electron chi connectivity index (χ2n) is 11.1. The molecule has 2 heteroatoms. The average molecular weight is 537 g/mol. The molecule has 0 unspecified atom stereocenters. The molecular weight excluding hydrogens is 497 g/mol. The average Bonchev–Trinajstić information content (AvgIpc) is 3.56. The number of benzene rings is 4. The van der Waals surface area contributed by atoms with Gasteiger partial charge >= 0.3 is 0 Å². The van der Waals surface area contributed by atoms with Crippen molar-refractivity contribution in [3.8, 4) is 0 Å². The van der Waals surface area contributed by atoms with Crippen LogP contribution in [0, 0.1) is 0 Å². The Morgan fingerprint density at radius 2 is 0.789 bits per heavy atom. The van der Waals surface area contributed by atoms with Gasteiger partial charge in [0.15, 0.2) is 0 Å². The molecule has 0 bridgehead atoms. The smallest absolute Gasteiger partial charge is 0.0424 e. The van der Waals surface area contributed by atoms with Crippen molar-refractivity contribution in [3.63, 3.8) is 0 Å². The molecule has 0 saturated carbocycles. The maximum atomic E-state index is 2.44. The molecule has 6 aromatic rings. The minimum absolute atomic E-state index is 1.22. The lowest BCUT2D eigenvalue weighted by Gasteiger charge is -2.09. The Bertz CT molecular complexity index is 1570. The summed E-state index contributed by atoms with van der Waals surface area (Å²) in [4.78, 5) is 3.09. The van der Waals surface area contributed by atoms with E-state index in [1.165, 1.54) is 130 Å². The quantitative estimate of drug-likeness (QED) is 0.108. The van der Waals surface area contributed by atoms with Crippen LogP contribution in [-0.2, 0) is 12.8 Å². The predicted octanol–water partition coefficient (Wildman–Crippen LogP) is 12.6. The molecule has 38 heavy (non-hydrogen) atoms. The van der Waals surface area contributed by atoms with Crippen molar-refractivity contribution in [1.29, 1.82) is 0 Å². The van der Waals surface area contributed by atoms with Gasteiger partial charge in [0, 0.05) is 29.9 Å². The summed E-state index contributed by atoms with van der Waals surface area (Å²) in [5, 5.41) is 11.2. The molecular formula is C36H40S2. The van der Waals surface area contributed by atoms with E-state index in [-0.39, 0.29) is 0 Å². The summed E-state index contributed by atoms with van der Waals surface area (Å²) >= 11 is 4.04. The van der Waals surface area contributed by atoms with Crippen molar-refractivity contribution in [3.05, 3.63) is 70.4 Å². The van der Waals surface area contributed by atoms with Crippen LogP contribution in [0.3, 0.4) is 0 Å². The van der Waals surface area contributed by atoms with Crippen molar-refractivity contribution in [2.45, 2.75) is 90.9 Å². The molecule has 0 radical (unpaired) electrons. The van der Waals surface area contributed by atoms with Gasteiger partial charge in [-0.05, 0) is 70.1 Å². The summed E-state index contributed by atoms with van der Waals surface area (Å²) in [6.07, 6.45) is 15.9. The Morgan fingerprint density at radius 3 is 1.24 bits per heavy atom. The number of rotatable bonds is 12. The lowest BCUT2D eigenvalue weighted by molar-refractivity contribution is 0.634. The molecule has 2 aromatic heterocycles. The lowest BCUT2D eigenvalue weighted by atomic mass is 9.96. The van der Waals surface area contributed by atoms with Gasteiger partial charge in [0.25, 0.3) is 0 Å². The zero-order valence-electron chi connectivity index (χ0n) is 23.1. The molecule has 0 spiro atoms. The predicted molar refractivity (Wildman–Crippen MR) is 175 cm³/mol. The molecule has 0 aliphatic rings. The second-order valence-corrected chi connectivity index (χ2v) is 13.4. The summed E-state index contributed by atoms with van der Waals surface area (Å²) in [5.41, 5.74) is 0. The summed E-state index contributed by atoms with van der Waals surface area (Å²) in [6, 6.07) is 23.9. The van der Waals surface area contributed by atoms with E-state index < -0.39 is 0 Å². The number of unbranched alkanes of at least 4 members (excludes halogenated alkanes) is 8. The van der Waals surface area contributed by atoms with Crippen molar-refractivity contribution in [2.24, 2.45) is 0 Å². The lowest BCUT2D eigenvalue weighted by Crippen LogP contribution is -1.81. The molecule has 0 fully saturated rings. The van der Waals surface area contributed by atoms with E-state index in [9.17, 15) is 0 Å². The minimum atomic E-state index is 1.22. The number of thiophene rings is 2. The normalized spacial score (nSPS) is 12.2. The van der Waals surface area contributed by atoms with Crippen LogP contribution < -0.4 is 0 Å². The Morgan fingerprint density at radius 1 is 0.421 bits per heavy atom. The fourth-order valence-electron chi connectivity index (χ4n) is 6.19. The van der Waals surface area contributed by atoms with E-state index in [1.54, 1.807) is 9.75 Å². The van der Waals surface area contributed by atoms with Gasteiger partial charge in [-0.3, -0.25) is 0 Å². The summed E-state index contributed by atoms with van der Waals surface area (Å²) in [6.45, 7) is 4.58. The number of hydrogen-bond acceptors (Lipinski definition) is 2. The van der Waals surface area contributed by atoms with Gasteiger partial charge in [0.2, 0.25) is 0 Å². The molecule has 196 valence electrons. The first-order valence-electron chi connectivity index (χ1n) is 15.0. The first kappa shape index (κ1) is 25.8. The fraction of sp³-hybridized carbons (Fsp3) is 0.389. The highest BCUT2D eigenvalue weighted by atomic mass is 32.1. The van der Waals surface area contributed by atoms with Crippen LogP contribution >= 0.6 is 22.7 Å².